The second-order valence-electron chi connectivity index (χ2n) is 5.62. The number of nitriles is 1. The van der Waals surface area contributed by atoms with Crippen LogP contribution in [0.4, 0.5) is 5.82 Å². The van der Waals surface area contributed by atoms with Crippen LogP contribution in [0, 0.1) is 31.1 Å². The van der Waals surface area contributed by atoms with Crippen LogP contribution in [0.25, 0.3) is 0 Å². The molecule has 1 N–H and O–H groups in total. The summed E-state index contributed by atoms with van der Waals surface area (Å²) >= 11 is 0. The van der Waals surface area contributed by atoms with Crippen LogP contribution in [0.3, 0.4) is 0 Å². The maximum atomic E-state index is 9.31. The van der Waals surface area contributed by atoms with Crippen molar-refractivity contribution < 1.29 is 0 Å². The van der Waals surface area contributed by atoms with Crippen LogP contribution in [0.15, 0.2) is 6.07 Å². The van der Waals surface area contributed by atoms with Crippen molar-refractivity contribution in [2.24, 2.45) is 5.92 Å². The fraction of sp³-hybridized carbons (Fsp3) is 0.625. The Morgan fingerprint density at radius 2 is 2.11 bits per heavy atom. The van der Waals surface area contributed by atoms with E-state index in [1.807, 2.05) is 19.9 Å². The van der Waals surface area contributed by atoms with E-state index in [1.54, 1.807) is 0 Å². The molecule has 102 valence electrons. The molecule has 3 nitrogen and oxygen atoms in total. The summed E-state index contributed by atoms with van der Waals surface area (Å²) in [5.74, 6) is 1.49. The summed E-state index contributed by atoms with van der Waals surface area (Å²) in [6, 6.07) is 4.73. The number of nitrogens with one attached hydrogen (secondary N) is 1. The van der Waals surface area contributed by atoms with Gasteiger partial charge in [-0.15, -0.1) is 0 Å². The van der Waals surface area contributed by atoms with Crippen molar-refractivity contribution in [1.29, 1.82) is 5.26 Å². The monoisotopic (exact) mass is 257 g/mol. The van der Waals surface area contributed by atoms with E-state index in [2.05, 4.69) is 23.3 Å². The largest absolute Gasteiger partial charge is 0.366 e. The van der Waals surface area contributed by atoms with Gasteiger partial charge in [0.2, 0.25) is 0 Å². The van der Waals surface area contributed by atoms with Gasteiger partial charge in [-0.2, -0.15) is 5.26 Å². The zero-order chi connectivity index (χ0) is 13.8. The van der Waals surface area contributed by atoms with Gasteiger partial charge in [-0.1, -0.05) is 26.2 Å². The van der Waals surface area contributed by atoms with Gasteiger partial charge in [0.25, 0.3) is 0 Å². The molecule has 1 aliphatic carbocycles. The summed E-state index contributed by atoms with van der Waals surface area (Å²) in [7, 11) is 0. The molecule has 19 heavy (non-hydrogen) atoms. The molecule has 2 unspecified atom stereocenters. The van der Waals surface area contributed by atoms with Crippen molar-refractivity contribution in [3.05, 3.63) is 22.9 Å². The Kier molecular flexibility index (Phi) is 4.42. The lowest BCUT2D eigenvalue weighted by Gasteiger charge is -2.32. The smallest absolute Gasteiger partial charge is 0.144 e. The molecule has 1 aromatic heterocycles. The molecule has 0 amide bonds. The van der Waals surface area contributed by atoms with Gasteiger partial charge >= 0.3 is 0 Å². The number of hydrogen-bond acceptors (Lipinski definition) is 3. The summed E-state index contributed by atoms with van der Waals surface area (Å²) in [6.45, 7) is 6.22. The number of pyridine rings is 1. The van der Waals surface area contributed by atoms with Crippen molar-refractivity contribution in [3.63, 3.8) is 0 Å². The quantitative estimate of drug-likeness (QED) is 0.892. The average Bonchev–Trinajstić information content (AvgIpc) is 2.39. The number of anilines is 1. The number of aryl methyl sites for hydroxylation is 2. The van der Waals surface area contributed by atoms with Gasteiger partial charge in [0.1, 0.15) is 11.9 Å². The predicted octanol–water partition coefficient (Wildman–Crippen LogP) is 3.95. The van der Waals surface area contributed by atoms with E-state index in [1.165, 1.54) is 32.1 Å². The summed E-state index contributed by atoms with van der Waals surface area (Å²) in [4.78, 5) is 4.53. The van der Waals surface area contributed by atoms with Crippen LogP contribution in [0.1, 0.15) is 55.8 Å². The fourth-order valence-corrected chi connectivity index (χ4v) is 3.14. The third-order valence-electron chi connectivity index (χ3n) is 4.21. The van der Waals surface area contributed by atoms with Gasteiger partial charge in [0.05, 0.1) is 5.56 Å². The molecule has 1 saturated carbocycles. The molecular formula is C16H23N3. The predicted molar refractivity (Wildman–Crippen MR) is 78.1 cm³/mol. The Morgan fingerprint density at radius 1 is 1.37 bits per heavy atom. The first-order valence-electron chi connectivity index (χ1n) is 7.30. The molecule has 1 fully saturated rings. The number of aromatic nitrogens is 1. The number of rotatable bonds is 3. The first-order chi connectivity index (χ1) is 9.15. The molecular weight excluding hydrogens is 234 g/mol. The molecule has 1 aromatic rings. The van der Waals surface area contributed by atoms with Gasteiger partial charge in [-0.05, 0) is 44.2 Å². The van der Waals surface area contributed by atoms with Crippen LogP contribution >= 0.6 is 0 Å². The van der Waals surface area contributed by atoms with E-state index >= 15 is 0 Å². The first kappa shape index (κ1) is 13.9. The topological polar surface area (TPSA) is 48.7 Å². The molecule has 0 aromatic carbocycles. The van der Waals surface area contributed by atoms with Crippen molar-refractivity contribution >= 4 is 5.82 Å². The summed E-state index contributed by atoms with van der Waals surface area (Å²) < 4.78 is 0. The van der Waals surface area contributed by atoms with Crippen LogP contribution in [-0.4, -0.2) is 11.0 Å². The summed E-state index contributed by atoms with van der Waals surface area (Å²) in [6.07, 6.45) is 6.30. The second-order valence-corrected chi connectivity index (χ2v) is 5.62. The highest BCUT2D eigenvalue weighted by Crippen LogP contribution is 2.30. The molecule has 2 atom stereocenters. The third kappa shape index (κ3) is 3.07. The maximum absolute atomic E-state index is 9.31. The van der Waals surface area contributed by atoms with Crippen LogP contribution < -0.4 is 5.32 Å². The Bertz CT molecular complexity index is 488. The van der Waals surface area contributed by atoms with Crippen LogP contribution in [-0.2, 0) is 0 Å². The number of nitrogens with zero attached hydrogens (tertiary/aromatic N) is 2. The number of hydrogen-bond donors (Lipinski definition) is 1. The minimum Gasteiger partial charge on any atom is -0.366 e. The van der Waals surface area contributed by atoms with Gasteiger partial charge in [0, 0.05) is 11.7 Å². The summed E-state index contributed by atoms with van der Waals surface area (Å²) in [5.41, 5.74) is 2.69. The molecule has 0 aliphatic heterocycles. The van der Waals surface area contributed by atoms with Crippen LogP contribution in [0.5, 0.6) is 0 Å². The standard InChI is InChI=1S/C16H23N3/c1-4-13-7-5-6-8-15(13)19-16-14(10-17)11(2)9-12(3)18-16/h9,13,15H,4-8H2,1-3H3,(H,18,19). The maximum Gasteiger partial charge on any atom is 0.144 e. The molecule has 1 aliphatic rings. The van der Waals surface area contributed by atoms with Crippen molar-refractivity contribution in [2.75, 3.05) is 5.32 Å². The minimum atomic E-state index is 0.472. The van der Waals surface area contributed by atoms with E-state index in [4.69, 9.17) is 0 Å². The third-order valence-corrected chi connectivity index (χ3v) is 4.21. The zero-order valence-electron chi connectivity index (χ0n) is 12.2. The molecule has 0 radical (unpaired) electrons. The normalized spacial score (nSPS) is 22.8. The minimum absolute atomic E-state index is 0.472. The van der Waals surface area contributed by atoms with Gasteiger partial charge in [-0.3, -0.25) is 0 Å². The lowest BCUT2D eigenvalue weighted by Crippen LogP contribution is -2.32. The molecule has 3 heteroatoms. The Morgan fingerprint density at radius 3 is 2.79 bits per heavy atom. The van der Waals surface area contributed by atoms with E-state index in [0.29, 0.717) is 17.5 Å². The highest BCUT2D eigenvalue weighted by Gasteiger charge is 2.24. The Labute approximate surface area is 116 Å². The van der Waals surface area contributed by atoms with E-state index in [9.17, 15) is 5.26 Å². The SMILES string of the molecule is CCC1CCCCC1Nc1nc(C)cc(C)c1C#N. The van der Waals surface area contributed by atoms with Gasteiger partial charge in [0.15, 0.2) is 0 Å². The lowest BCUT2D eigenvalue weighted by molar-refractivity contribution is 0.317. The first-order valence-corrected chi connectivity index (χ1v) is 7.30. The second kappa shape index (κ2) is 6.06. The highest BCUT2D eigenvalue weighted by atomic mass is 15.0. The molecule has 1 heterocycles. The zero-order valence-corrected chi connectivity index (χ0v) is 12.2. The van der Waals surface area contributed by atoms with Crippen molar-refractivity contribution in [2.45, 2.75) is 58.9 Å². The van der Waals surface area contributed by atoms with Gasteiger partial charge in [-0.25, -0.2) is 4.98 Å². The van der Waals surface area contributed by atoms with E-state index in [0.717, 1.165) is 17.1 Å². The Balaban J connectivity index is 2.25. The van der Waals surface area contributed by atoms with Crippen LogP contribution in [0.2, 0.25) is 0 Å². The Hall–Kier alpha value is -1.56. The molecule has 0 saturated heterocycles. The van der Waals surface area contributed by atoms with Crippen molar-refractivity contribution in [3.8, 4) is 6.07 Å². The van der Waals surface area contributed by atoms with Crippen molar-refractivity contribution in [1.82, 2.24) is 4.98 Å². The van der Waals surface area contributed by atoms with E-state index < -0.39 is 0 Å². The molecule has 0 bridgehead atoms. The summed E-state index contributed by atoms with van der Waals surface area (Å²) in [5, 5.41) is 12.9. The fourth-order valence-electron chi connectivity index (χ4n) is 3.14. The molecule has 0 spiro atoms. The highest BCUT2D eigenvalue weighted by molar-refractivity contribution is 5.56. The molecule has 2 rings (SSSR count). The average molecular weight is 257 g/mol. The van der Waals surface area contributed by atoms with E-state index in [-0.39, 0.29) is 0 Å². The lowest BCUT2D eigenvalue weighted by atomic mass is 9.83. The van der Waals surface area contributed by atoms with Gasteiger partial charge < -0.3 is 5.32 Å².